The highest BCUT2D eigenvalue weighted by molar-refractivity contribution is 7.09. The molecule has 140 valence electrons. The first-order chi connectivity index (χ1) is 12.2. The molecule has 3 rings (SSSR count). The summed E-state index contributed by atoms with van der Waals surface area (Å²) in [6.45, 7) is 8.34. The van der Waals surface area contributed by atoms with Gasteiger partial charge >= 0.3 is 0 Å². The normalized spacial score (nSPS) is 22.8. The highest BCUT2D eigenvalue weighted by Crippen LogP contribution is 2.19. The van der Waals surface area contributed by atoms with Gasteiger partial charge < -0.3 is 15.4 Å². The van der Waals surface area contributed by atoms with Gasteiger partial charge in [-0.2, -0.15) is 0 Å². The first-order valence-corrected chi connectivity index (χ1v) is 10.3. The molecule has 0 radical (unpaired) electrons. The molecular formula is C18H30N4O2S. The number of rotatable bonds is 7. The smallest absolute Gasteiger partial charge is 0.221 e. The van der Waals surface area contributed by atoms with Crippen molar-refractivity contribution in [2.45, 2.75) is 45.2 Å². The quantitative estimate of drug-likeness (QED) is 0.764. The Morgan fingerprint density at radius 3 is 3.00 bits per heavy atom. The number of morpholine rings is 1. The van der Waals surface area contributed by atoms with Gasteiger partial charge in [-0.3, -0.25) is 9.69 Å². The number of amides is 1. The highest BCUT2D eigenvalue weighted by Gasteiger charge is 2.21. The Labute approximate surface area is 154 Å². The number of thiazole rings is 1. The van der Waals surface area contributed by atoms with Gasteiger partial charge in [-0.15, -0.1) is 11.3 Å². The van der Waals surface area contributed by atoms with E-state index >= 15 is 0 Å². The maximum Gasteiger partial charge on any atom is 0.221 e. The third-order valence-corrected chi connectivity index (χ3v) is 6.05. The van der Waals surface area contributed by atoms with Gasteiger partial charge in [0.15, 0.2) is 0 Å². The van der Waals surface area contributed by atoms with E-state index in [2.05, 4.69) is 32.8 Å². The van der Waals surface area contributed by atoms with Crippen LogP contribution >= 0.6 is 11.3 Å². The predicted molar refractivity (Wildman–Crippen MR) is 99.7 cm³/mol. The number of likely N-dealkylation sites (tertiary alicyclic amines) is 1. The van der Waals surface area contributed by atoms with Gasteiger partial charge in [-0.1, -0.05) is 6.92 Å². The molecule has 2 aliphatic rings. The van der Waals surface area contributed by atoms with E-state index in [9.17, 15) is 4.79 Å². The maximum atomic E-state index is 12.1. The summed E-state index contributed by atoms with van der Waals surface area (Å²) in [7, 11) is 0. The van der Waals surface area contributed by atoms with Crippen molar-refractivity contribution in [3.8, 4) is 0 Å². The van der Waals surface area contributed by atoms with Crippen molar-refractivity contribution in [1.29, 1.82) is 0 Å². The van der Waals surface area contributed by atoms with E-state index < -0.39 is 0 Å². The Bertz CT molecular complexity index is 537. The lowest BCUT2D eigenvalue weighted by molar-refractivity contribution is -0.122. The summed E-state index contributed by atoms with van der Waals surface area (Å²) in [4.78, 5) is 19.2. The first-order valence-electron chi connectivity index (χ1n) is 9.46. The summed E-state index contributed by atoms with van der Waals surface area (Å²) < 4.78 is 5.39. The maximum absolute atomic E-state index is 12.1. The van der Waals surface area contributed by atoms with Gasteiger partial charge in [0.2, 0.25) is 5.91 Å². The van der Waals surface area contributed by atoms with E-state index in [4.69, 9.17) is 4.74 Å². The molecule has 1 aromatic rings. The second-order valence-electron chi connectivity index (χ2n) is 7.04. The number of nitrogens with one attached hydrogen (secondary N) is 2. The molecular weight excluding hydrogens is 336 g/mol. The largest absolute Gasteiger partial charge is 0.378 e. The molecule has 1 amide bonds. The second kappa shape index (κ2) is 9.62. The number of nitrogens with zero attached hydrogens (tertiary/aromatic N) is 2. The molecule has 2 aliphatic heterocycles. The second-order valence-corrected chi connectivity index (χ2v) is 7.98. The van der Waals surface area contributed by atoms with Crippen LogP contribution < -0.4 is 10.6 Å². The third-order valence-electron chi connectivity index (χ3n) is 5.01. The number of carbonyl (C=O) groups excluding carboxylic acids is 1. The average Bonchev–Trinajstić information content (AvgIpc) is 3.10. The zero-order valence-corrected chi connectivity index (χ0v) is 15.9. The number of hydrogen-bond donors (Lipinski definition) is 2. The van der Waals surface area contributed by atoms with Gasteiger partial charge in [0.25, 0.3) is 0 Å². The molecule has 2 N–H and O–H groups in total. The summed E-state index contributed by atoms with van der Waals surface area (Å²) in [5.74, 6) is 0.734. The number of aromatic nitrogens is 1. The average molecular weight is 367 g/mol. The summed E-state index contributed by atoms with van der Waals surface area (Å²) >= 11 is 1.76. The molecule has 3 heterocycles. The number of carbonyl (C=O) groups is 1. The van der Waals surface area contributed by atoms with Crippen molar-refractivity contribution >= 4 is 17.2 Å². The fourth-order valence-electron chi connectivity index (χ4n) is 3.47. The van der Waals surface area contributed by atoms with Crippen LogP contribution in [0.2, 0.25) is 0 Å². The van der Waals surface area contributed by atoms with Crippen LogP contribution in [0.1, 0.15) is 36.9 Å². The van der Waals surface area contributed by atoms with Crippen molar-refractivity contribution < 1.29 is 9.53 Å². The minimum Gasteiger partial charge on any atom is -0.378 e. The molecule has 1 aromatic heterocycles. The van der Waals surface area contributed by atoms with Crippen molar-refractivity contribution in [3.63, 3.8) is 0 Å². The Morgan fingerprint density at radius 2 is 2.32 bits per heavy atom. The lowest BCUT2D eigenvalue weighted by Gasteiger charge is -2.31. The molecule has 2 saturated heterocycles. The summed E-state index contributed by atoms with van der Waals surface area (Å²) in [6, 6.07) is 0.168. The van der Waals surface area contributed by atoms with E-state index in [1.54, 1.807) is 11.3 Å². The van der Waals surface area contributed by atoms with Crippen LogP contribution in [0.3, 0.4) is 0 Å². The van der Waals surface area contributed by atoms with Crippen LogP contribution in [0.4, 0.5) is 0 Å². The Balaban J connectivity index is 1.31. The number of aryl methyl sites for hydroxylation is 1. The molecule has 6 nitrogen and oxygen atoms in total. The summed E-state index contributed by atoms with van der Waals surface area (Å²) in [5.41, 5.74) is 1.20. The van der Waals surface area contributed by atoms with Crippen LogP contribution in [0.5, 0.6) is 0 Å². The number of ether oxygens (including phenoxy) is 1. The molecule has 2 fully saturated rings. The van der Waals surface area contributed by atoms with E-state index in [0.717, 1.165) is 58.6 Å². The lowest BCUT2D eigenvalue weighted by Crippen LogP contribution is -2.45. The molecule has 7 heteroatoms. The highest BCUT2D eigenvalue weighted by atomic mass is 32.1. The molecule has 0 aliphatic carbocycles. The van der Waals surface area contributed by atoms with Gasteiger partial charge in [0.05, 0.1) is 23.9 Å². The van der Waals surface area contributed by atoms with Gasteiger partial charge in [0, 0.05) is 37.5 Å². The third kappa shape index (κ3) is 6.02. The first kappa shape index (κ1) is 18.8. The van der Waals surface area contributed by atoms with Crippen molar-refractivity contribution in [1.82, 2.24) is 20.5 Å². The fourth-order valence-corrected chi connectivity index (χ4v) is 4.20. The topological polar surface area (TPSA) is 66.5 Å². The van der Waals surface area contributed by atoms with E-state index in [0.29, 0.717) is 18.9 Å². The SMILES string of the molecule is CCc1nc(CN2CCC(CNC(=O)CC3COCCN3)CC2)cs1. The van der Waals surface area contributed by atoms with Crippen LogP contribution in [0, 0.1) is 5.92 Å². The van der Waals surface area contributed by atoms with Crippen molar-refractivity contribution in [3.05, 3.63) is 16.1 Å². The molecule has 0 aromatic carbocycles. The summed E-state index contributed by atoms with van der Waals surface area (Å²) in [5, 5.41) is 9.85. The zero-order chi connectivity index (χ0) is 17.5. The number of piperidine rings is 1. The zero-order valence-electron chi connectivity index (χ0n) is 15.1. The Hall–Kier alpha value is -1.02. The van der Waals surface area contributed by atoms with Gasteiger partial charge in [-0.25, -0.2) is 4.98 Å². The van der Waals surface area contributed by atoms with Crippen LogP contribution in [-0.4, -0.2) is 61.2 Å². The molecule has 1 atom stereocenters. The molecule has 25 heavy (non-hydrogen) atoms. The molecule has 0 spiro atoms. The Kier molecular flexibility index (Phi) is 7.22. The van der Waals surface area contributed by atoms with Crippen molar-refractivity contribution in [2.24, 2.45) is 5.92 Å². The Morgan fingerprint density at radius 1 is 1.48 bits per heavy atom. The summed E-state index contributed by atoms with van der Waals surface area (Å²) in [6.07, 6.45) is 3.84. The molecule has 0 saturated carbocycles. The number of hydrogen-bond acceptors (Lipinski definition) is 6. The standard InChI is InChI=1S/C18H30N4O2S/c1-2-18-21-16(13-25-18)11-22-6-3-14(4-7-22)10-20-17(23)9-15-12-24-8-5-19-15/h13-15,19H,2-12H2,1H3,(H,20,23). The fraction of sp³-hybridized carbons (Fsp3) is 0.778. The van der Waals surface area contributed by atoms with Gasteiger partial charge in [0.1, 0.15) is 0 Å². The van der Waals surface area contributed by atoms with Crippen LogP contribution in [-0.2, 0) is 22.5 Å². The van der Waals surface area contributed by atoms with E-state index in [-0.39, 0.29) is 11.9 Å². The minimum atomic E-state index is 0.139. The van der Waals surface area contributed by atoms with Crippen LogP contribution in [0.25, 0.3) is 0 Å². The molecule has 0 bridgehead atoms. The molecule has 1 unspecified atom stereocenters. The lowest BCUT2D eigenvalue weighted by atomic mass is 9.96. The van der Waals surface area contributed by atoms with E-state index in [1.807, 2.05) is 0 Å². The van der Waals surface area contributed by atoms with E-state index in [1.165, 1.54) is 10.7 Å². The minimum absolute atomic E-state index is 0.139. The predicted octanol–water partition coefficient (Wildman–Crippen LogP) is 1.41. The monoisotopic (exact) mass is 366 g/mol. The van der Waals surface area contributed by atoms with Crippen LogP contribution in [0.15, 0.2) is 5.38 Å². The van der Waals surface area contributed by atoms with Gasteiger partial charge in [-0.05, 0) is 38.3 Å². The van der Waals surface area contributed by atoms with Crippen molar-refractivity contribution in [2.75, 3.05) is 39.4 Å².